The van der Waals surface area contributed by atoms with Crippen LogP contribution < -0.4 is 9.46 Å². The fraction of sp³-hybridized carbons (Fsp3) is 0.462. The zero-order valence-electron chi connectivity index (χ0n) is 21.7. The summed E-state index contributed by atoms with van der Waals surface area (Å²) in [6.45, 7) is 2.71. The van der Waals surface area contributed by atoms with Gasteiger partial charge in [-0.2, -0.15) is 0 Å². The van der Waals surface area contributed by atoms with Gasteiger partial charge >= 0.3 is 0 Å². The van der Waals surface area contributed by atoms with Crippen LogP contribution in [0.25, 0.3) is 0 Å². The molecule has 3 aromatic rings. The highest BCUT2D eigenvalue weighted by molar-refractivity contribution is 7.99. The number of halogens is 1. The number of sulfonamides is 1. The molecule has 0 bridgehead atoms. The average Bonchev–Trinajstić information content (AvgIpc) is 3.55. The van der Waals surface area contributed by atoms with Gasteiger partial charge in [-0.25, -0.2) is 27.8 Å². The van der Waals surface area contributed by atoms with Crippen molar-refractivity contribution in [1.82, 2.24) is 24.4 Å². The molecule has 1 atom stereocenters. The largest absolute Gasteiger partial charge is 0.480 e. The van der Waals surface area contributed by atoms with E-state index in [0.717, 1.165) is 53.5 Å². The van der Waals surface area contributed by atoms with Crippen molar-refractivity contribution in [2.45, 2.75) is 56.3 Å². The number of thioether (sulfide) groups is 1. The lowest BCUT2D eigenvalue weighted by Crippen LogP contribution is -2.44. The molecule has 1 aliphatic carbocycles. The minimum Gasteiger partial charge on any atom is -0.480 e. The van der Waals surface area contributed by atoms with Gasteiger partial charge in [0.1, 0.15) is 11.9 Å². The third kappa shape index (κ3) is 5.21. The van der Waals surface area contributed by atoms with Gasteiger partial charge in [0.05, 0.1) is 29.5 Å². The third-order valence-electron chi connectivity index (χ3n) is 7.23. The zero-order chi connectivity index (χ0) is 27.3. The van der Waals surface area contributed by atoms with Crippen LogP contribution in [0.15, 0.2) is 29.6 Å². The SMILES string of the molecule is CCc1nc(NS(C)(=O)=O)ncc1OCC(=O)N1CCc2nc3n(c2C1c1ccc(C2CC2)cc1F)CCS3. The maximum Gasteiger partial charge on any atom is 0.261 e. The first-order valence-electron chi connectivity index (χ1n) is 13.0. The topological polar surface area (TPSA) is 119 Å². The Morgan fingerprint density at radius 2 is 2.08 bits per heavy atom. The fourth-order valence-corrected chi connectivity index (χ4v) is 6.68. The first-order chi connectivity index (χ1) is 18.7. The molecule has 1 amide bonds. The number of aryl methyl sites for hydroxylation is 1. The summed E-state index contributed by atoms with van der Waals surface area (Å²) in [6.07, 6.45) is 5.55. The summed E-state index contributed by atoms with van der Waals surface area (Å²) in [5, 5.41) is 0.915. The van der Waals surface area contributed by atoms with E-state index in [9.17, 15) is 13.2 Å². The molecule has 1 saturated carbocycles. The van der Waals surface area contributed by atoms with Crippen molar-refractivity contribution < 1.29 is 22.3 Å². The van der Waals surface area contributed by atoms with Gasteiger partial charge in [0.15, 0.2) is 17.5 Å². The maximum atomic E-state index is 15.6. The van der Waals surface area contributed by atoms with E-state index in [2.05, 4.69) is 19.3 Å². The van der Waals surface area contributed by atoms with Gasteiger partial charge in [-0.15, -0.1) is 0 Å². The minimum absolute atomic E-state index is 0.0609. The number of hydrogen-bond acceptors (Lipinski definition) is 8. The number of aromatic nitrogens is 4. The second-order valence-corrected chi connectivity index (χ2v) is 12.9. The molecule has 206 valence electrons. The lowest BCUT2D eigenvalue weighted by molar-refractivity contribution is -0.135. The number of anilines is 1. The Morgan fingerprint density at radius 1 is 1.26 bits per heavy atom. The lowest BCUT2D eigenvalue weighted by atomic mass is 9.93. The fourth-order valence-electron chi connectivity index (χ4n) is 5.28. The molecule has 2 aromatic heterocycles. The van der Waals surface area contributed by atoms with Crippen LogP contribution in [0, 0.1) is 5.82 Å². The summed E-state index contributed by atoms with van der Waals surface area (Å²) in [4.78, 5) is 28.4. The Hall–Kier alpha value is -3.19. The molecule has 1 N–H and O–H groups in total. The molecule has 0 saturated heterocycles. The van der Waals surface area contributed by atoms with Crippen LogP contribution in [0.5, 0.6) is 5.75 Å². The Morgan fingerprint density at radius 3 is 2.79 bits per heavy atom. The van der Waals surface area contributed by atoms with E-state index in [1.54, 1.807) is 22.7 Å². The molecule has 2 aliphatic heterocycles. The molecule has 1 fully saturated rings. The first kappa shape index (κ1) is 26.1. The highest BCUT2D eigenvalue weighted by atomic mass is 32.2. The molecular formula is C26H29FN6O4S2. The molecular weight excluding hydrogens is 543 g/mol. The Balaban J connectivity index is 1.28. The summed E-state index contributed by atoms with van der Waals surface area (Å²) >= 11 is 1.68. The molecule has 39 heavy (non-hydrogen) atoms. The van der Waals surface area contributed by atoms with Gasteiger partial charge < -0.3 is 14.2 Å². The second-order valence-electron chi connectivity index (χ2n) is 10.0. The van der Waals surface area contributed by atoms with Crippen LogP contribution in [0.3, 0.4) is 0 Å². The summed E-state index contributed by atoms with van der Waals surface area (Å²) in [7, 11) is -3.54. The van der Waals surface area contributed by atoms with E-state index in [1.807, 2.05) is 19.1 Å². The number of rotatable bonds is 8. The van der Waals surface area contributed by atoms with E-state index in [4.69, 9.17) is 9.72 Å². The van der Waals surface area contributed by atoms with Gasteiger partial charge in [-0.05, 0) is 36.8 Å². The van der Waals surface area contributed by atoms with Crippen LogP contribution >= 0.6 is 11.8 Å². The highest BCUT2D eigenvalue weighted by Gasteiger charge is 2.39. The number of benzene rings is 1. The van der Waals surface area contributed by atoms with E-state index in [0.29, 0.717) is 42.3 Å². The zero-order valence-corrected chi connectivity index (χ0v) is 23.3. The number of fused-ring (bicyclic) bond motifs is 3. The van der Waals surface area contributed by atoms with Crippen LogP contribution in [0.4, 0.5) is 10.3 Å². The van der Waals surface area contributed by atoms with Gasteiger partial charge in [0, 0.05) is 30.8 Å². The predicted molar refractivity (Wildman–Crippen MR) is 144 cm³/mol. The van der Waals surface area contributed by atoms with Gasteiger partial charge in [0.2, 0.25) is 16.0 Å². The number of carbonyl (C=O) groups is 1. The monoisotopic (exact) mass is 572 g/mol. The summed E-state index contributed by atoms with van der Waals surface area (Å²) in [6, 6.07) is 4.81. The number of nitrogens with zero attached hydrogens (tertiary/aromatic N) is 5. The number of ether oxygens (including phenoxy) is 1. The summed E-state index contributed by atoms with van der Waals surface area (Å²) in [5.41, 5.74) is 3.72. The molecule has 1 unspecified atom stereocenters. The van der Waals surface area contributed by atoms with Gasteiger partial charge in [-0.3, -0.25) is 9.52 Å². The van der Waals surface area contributed by atoms with Crippen LogP contribution in [-0.2, 0) is 34.2 Å². The van der Waals surface area contributed by atoms with E-state index in [1.165, 1.54) is 6.20 Å². The van der Waals surface area contributed by atoms with Crippen molar-refractivity contribution >= 4 is 33.6 Å². The van der Waals surface area contributed by atoms with Gasteiger partial charge in [-0.1, -0.05) is 30.8 Å². The number of hydrogen-bond donors (Lipinski definition) is 1. The number of imidazole rings is 1. The number of nitrogens with one attached hydrogen (secondary N) is 1. The molecule has 0 spiro atoms. The van der Waals surface area contributed by atoms with Crippen molar-refractivity contribution in [1.29, 1.82) is 0 Å². The van der Waals surface area contributed by atoms with Crippen molar-refractivity contribution in [3.05, 3.63) is 58.4 Å². The summed E-state index contributed by atoms with van der Waals surface area (Å²) < 4.78 is 48.9. The maximum absolute atomic E-state index is 15.6. The normalized spacial score (nSPS) is 18.5. The van der Waals surface area contributed by atoms with Crippen molar-refractivity contribution in [2.75, 3.05) is 29.9 Å². The molecule has 10 nitrogen and oxygen atoms in total. The van der Waals surface area contributed by atoms with Crippen molar-refractivity contribution in [2.24, 2.45) is 0 Å². The number of carbonyl (C=O) groups excluding carboxylic acids is 1. The number of amides is 1. The molecule has 6 rings (SSSR count). The Bertz CT molecular complexity index is 1560. The van der Waals surface area contributed by atoms with E-state index < -0.39 is 16.1 Å². The molecule has 4 heterocycles. The standard InChI is InChI=1S/C26H29FN6O4S2/c1-3-19-21(13-28-25(29-19)31-39(2,35)36)37-14-22(34)32-9-8-20-24(33-10-11-38-26(33)30-20)23(32)17-7-6-16(12-18(17)27)15-4-5-15/h6-7,12-13,15,23H,3-5,8-11,14H2,1-2H3,(H,28,29,31). The summed E-state index contributed by atoms with van der Waals surface area (Å²) in [5.74, 6) is 0.943. The Kier molecular flexibility index (Phi) is 6.74. The second kappa shape index (κ2) is 10.1. The van der Waals surface area contributed by atoms with Gasteiger partial charge in [0.25, 0.3) is 5.91 Å². The third-order valence-corrected chi connectivity index (χ3v) is 8.74. The van der Waals surface area contributed by atoms with Crippen molar-refractivity contribution in [3.8, 4) is 5.75 Å². The van der Waals surface area contributed by atoms with Crippen LogP contribution in [0.1, 0.15) is 59.9 Å². The highest BCUT2D eigenvalue weighted by Crippen LogP contribution is 2.44. The molecule has 3 aliphatic rings. The van der Waals surface area contributed by atoms with E-state index in [-0.39, 0.29) is 24.3 Å². The lowest BCUT2D eigenvalue weighted by Gasteiger charge is -2.36. The molecule has 1 aromatic carbocycles. The smallest absolute Gasteiger partial charge is 0.261 e. The molecule has 0 radical (unpaired) electrons. The quantitative estimate of drug-likeness (QED) is 0.437. The molecule has 13 heteroatoms. The van der Waals surface area contributed by atoms with Crippen LogP contribution in [-0.4, -0.2) is 63.9 Å². The van der Waals surface area contributed by atoms with E-state index >= 15 is 4.39 Å². The first-order valence-corrected chi connectivity index (χ1v) is 15.9. The average molecular weight is 573 g/mol. The minimum atomic E-state index is -3.54. The van der Waals surface area contributed by atoms with Crippen LogP contribution in [0.2, 0.25) is 0 Å². The predicted octanol–water partition coefficient (Wildman–Crippen LogP) is 3.28. The van der Waals surface area contributed by atoms with Crippen molar-refractivity contribution in [3.63, 3.8) is 0 Å². The Labute approximate surface area is 230 Å².